The molecule has 0 bridgehead atoms. The fourth-order valence-electron chi connectivity index (χ4n) is 4.09. The lowest BCUT2D eigenvalue weighted by atomic mass is 10.0. The van der Waals surface area contributed by atoms with Crippen LogP contribution in [0.3, 0.4) is 0 Å². The highest BCUT2D eigenvalue weighted by molar-refractivity contribution is 6.33. The Morgan fingerprint density at radius 1 is 1.11 bits per heavy atom. The topological polar surface area (TPSA) is 37.9 Å². The average Bonchev–Trinajstić information content (AvgIpc) is 2.66. The number of nitrogens with zero attached hydrogens (tertiary/aromatic N) is 1. The monoisotopic (exact) mass is 417 g/mol. The number of quaternary nitrogens is 1. The highest BCUT2D eigenvalue weighted by Gasteiger charge is 2.23. The van der Waals surface area contributed by atoms with Crippen LogP contribution in [0, 0.1) is 13.8 Å². The molecule has 6 heteroatoms. The minimum Gasteiger partial charge on any atom is -0.423 e. The van der Waals surface area contributed by atoms with Crippen LogP contribution >= 0.6 is 23.2 Å². The Balaban J connectivity index is 1.56. The number of hydrogen-bond acceptors (Lipinski definition) is 3. The van der Waals surface area contributed by atoms with Gasteiger partial charge >= 0.3 is 5.63 Å². The van der Waals surface area contributed by atoms with Crippen molar-refractivity contribution < 1.29 is 9.32 Å². The molecule has 2 heterocycles. The summed E-state index contributed by atoms with van der Waals surface area (Å²) < 4.78 is 5.45. The van der Waals surface area contributed by atoms with E-state index in [1.807, 2.05) is 38.1 Å². The Bertz CT molecular complexity index is 1090. The van der Waals surface area contributed by atoms with E-state index in [2.05, 4.69) is 11.0 Å². The molecule has 0 saturated carbocycles. The van der Waals surface area contributed by atoms with Crippen LogP contribution in [0.15, 0.2) is 45.6 Å². The SMILES string of the molecule is Cc1cc2oc(=O)cc(C[NH+]3CCN(c4cccc(Cl)c4)CC3)c2c(C)c1Cl. The summed E-state index contributed by atoms with van der Waals surface area (Å²) in [6.45, 7) is 8.60. The third kappa shape index (κ3) is 3.77. The van der Waals surface area contributed by atoms with Gasteiger partial charge in [0.2, 0.25) is 0 Å². The number of rotatable bonds is 3. The van der Waals surface area contributed by atoms with Gasteiger partial charge in [-0.15, -0.1) is 0 Å². The lowest BCUT2D eigenvalue weighted by molar-refractivity contribution is -0.914. The van der Waals surface area contributed by atoms with E-state index in [1.165, 1.54) is 4.90 Å². The van der Waals surface area contributed by atoms with Crippen LogP contribution in [-0.2, 0) is 6.54 Å². The summed E-state index contributed by atoms with van der Waals surface area (Å²) in [6, 6.07) is 11.5. The van der Waals surface area contributed by atoms with E-state index in [-0.39, 0.29) is 5.63 Å². The van der Waals surface area contributed by atoms with E-state index in [0.717, 1.165) is 70.5 Å². The van der Waals surface area contributed by atoms with Gasteiger partial charge in [-0.2, -0.15) is 0 Å². The number of benzene rings is 2. The highest BCUT2D eigenvalue weighted by Crippen LogP contribution is 2.30. The lowest BCUT2D eigenvalue weighted by Crippen LogP contribution is -3.13. The molecule has 0 atom stereocenters. The maximum Gasteiger partial charge on any atom is 0.336 e. The predicted molar refractivity (Wildman–Crippen MR) is 115 cm³/mol. The van der Waals surface area contributed by atoms with E-state index >= 15 is 0 Å². The van der Waals surface area contributed by atoms with Gasteiger partial charge in [-0.25, -0.2) is 4.79 Å². The summed E-state index contributed by atoms with van der Waals surface area (Å²) in [7, 11) is 0. The van der Waals surface area contributed by atoms with Crippen LogP contribution in [0.5, 0.6) is 0 Å². The van der Waals surface area contributed by atoms with Gasteiger partial charge in [0.15, 0.2) is 0 Å². The Morgan fingerprint density at radius 3 is 2.57 bits per heavy atom. The van der Waals surface area contributed by atoms with Crippen LogP contribution in [0.2, 0.25) is 10.0 Å². The first kappa shape index (κ1) is 19.3. The summed E-state index contributed by atoms with van der Waals surface area (Å²) in [4.78, 5) is 15.9. The van der Waals surface area contributed by atoms with Gasteiger partial charge in [-0.3, -0.25) is 0 Å². The van der Waals surface area contributed by atoms with E-state index in [1.54, 1.807) is 6.07 Å². The van der Waals surface area contributed by atoms with Gasteiger partial charge in [0.25, 0.3) is 0 Å². The maximum absolute atomic E-state index is 12.1. The van der Waals surface area contributed by atoms with Gasteiger partial charge in [0.05, 0.1) is 26.2 Å². The first-order valence-corrected chi connectivity index (χ1v) is 10.2. The number of fused-ring (bicyclic) bond motifs is 1. The summed E-state index contributed by atoms with van der Waals surface area (Å²) in [5.41, 5.74) is 4.40. The van der Waals surface area contributed by atoms with Crippen LogP contribution in [-0.4, -0.2) is 26.2 Å². The van der Waals surface area contributed by atoms with E-state index in [0.29, 0.717) is 5.58 Å². The third-order valence-corrected chi connectivity index (χ3v) is 6.37. The van der Waals surface area contributed by atoms with Crippen LogP contribution in [0.25, 0.3) is 11.0 Å². The Hall–Kier alpha value is -2.01. The smallest absolute Gasteiger partial charge is 0.336 e. The summed E-state index contributed by atoms with van der Waals surface area (Å²) in [6.07, 6.45) is 0. The van der Waals surface area contributed by atoms with Crippen LogP contribution in [0.4, 0.5) is 5.69 Å². The number of anilines is 1. The zero-order valence-electron chi connectivity index (χ0n) is 16.0. The Kier molecular flexibility index (Phi) is 5.37. The van der Waals surface area contributed by atoms with E-state index < -0.39 is 0 Å². The normalized spacial score (nSPS) is 15.4. The molecular weight excluding hydrogens is 395 g/mol. The Labute approximate surface area is 174 Å². The Morgan fingerprint density at radius 2 is 1.86 bits per heavy atom. The molecule has 1 aromatic heterocycles. The van der Waals surface area contributed by atoms with Crippen molar-refractivity contribution in [3.8, 4) is 0 Å². The molecule has 0 aliphatic carbocycles. The quantitative estimate of drug-likeness (QED) is 0.661. The van der Waals surface area contributed by atoms with E-state index in [9.17, 15) is 4.79 Å². The van der Waals surface area contributed by atoms with Crippen molar-refractivity contribution in [1.82, 2.24) is 0 Å². The van der Waals surface area contributed by atoms with Crippen molar-refractivity contribution in [3.05, 3.63) is 73.6 Å². The molecule has 1 saturated heterocycles. The molecule has 2 aromatic carbocycles. The standard InChI is InChI=1S/C22H22Cl2N2O2/c1-14-10-19-21(15(2)22(14)24)16(11-20(27)28-19)13-25-6-8-26(9-7-25)18-5-3-4-17(23)12-18/h3-5,10-12H,6-9,13H2,1-2H3/p+1. The van der Waals surface area contributed by atoms with Gasteiger partial charge in [0, 0.05) is 32.7 Å². The fourth-order valence-corrected chi connectivity index (χ4v) is 4.43. The van der Waals surface area contributed by atoms with Gasteiger partial charge in [0.1, 0.15) is 12.1 Å². The second kappa shape index (κ2) is 7.78. The molecule has 4 nitrogen and oxygen atoms in total. The molecule has 0 unspecified atom stereocenters. The molecule has 1 aliphatic heterocycles. The van der Waals surface area contributed by atoms with Crippen LogP contribution in [0.1, 0.15) is 16.7 Å². The number of aryl methyl sites for hydroxylation is 2. The van der Waals surface area contributed by atoms with Crippen molar-refractivity contribution in [2.24, 2.45) is 0 Å². The second-order valence-electron chi connectivity index (χ2n) is 7.49. The number of hydrogen-bond donors (Lipinski definition) is 1. The first-order valence-electron chi connectivity index (χ1n) is 9.49. The van der Waals surface area contributed by atoms with Gasteiger partial charge in [-0.1, -0.05) is 29.3 Å². The number of piperazine rings is 1. The first-order chi connectivity index (χ1) is 13.4. The lowest BCUT2D eigenvalue weighted by Gasteiger charge is -2.34. The van der Waals surface area contributed by atoms with Crippen molar-refractivity contribution in [2.75, 3.05) is 31.1 Å². The zero-order valence-corrected chi connectivity index (χ0v) is 17.5. The maximum atomic E-state index is 12.1. The molecule has 146 valence electrons. The molecule has 4 rings (SSSR count). The minimum absolute atomic E-state index is 0.305. The molecule has 1 aliphatic rings. The van der Waals surface area contributed by atoms with Gasteiger partial charge in [-0.05, 0) is 49.2 Å². The van der Waals surface area contributed by atoms with Crippen molar-refractivity contribution in [2.45, 2.75) is 20.4 Å². The largest absolute Gasteiger partial charge is 0.423 e. The molecule has 1 N–H and O–H groups in total. The second-order valence-corrected chi connectivity index (χ2v) is 8.30. The minimum atomic E-state index is -0.305. The predicted octanol–water partition coefficient (Wildman–Crippen LogP) is 3.62. The summed E-state index contributed by atoms with van der Waals surface area (Å²) >= 11 is 12.6. The molecule has 0 amide bonds. The molecular formula is C22H23Cl2N2O2+. The summed E-state index contributed by atoms with van der Waals surface area (Å²) in [5.74, 6) is 0. The zero-order chi connectivity index (χ0) is 19.8. The molecule has 3 aromatic rings. The van der Waals surface area contributed by atoms with Gasteiger partial charge < -0.3 is 14.2 Å². The van der Waals surface area contributed by atoms with Crippen LogP contribution < -0.4 is 15.4 Å². The van der Waals surface area contributed by atoms with Crippen molar-refractivity contribution >= 4 is 39.9 Å². The molecule has 0 spiro atoms. The highest BCUT2D eigenvalue weighted by atomic mass is 35.5. The number of nitrogens with one attached hydrogen (secondary N) is 1. The summed E-state index contributed by atoms with van der Waals surface area (Å²) in [5, 5.41) is 2.47. The molecule has 0 radical (unpaired) electrons. The number of halogens is 2. The van der Waals surface area contributed by atoms with Crippen molar-refractivity contribution in [3.63, 3.8) is 0 Å². The molecule has 1 fully saturated rings. The van der Waals surface area contributed by atoms with Crippen molar-refractivity contribution in [1.29, 1.82) is 0 Å². The third-order valence-electron chi connectivity index (χ3n) is 5.55. The average molecular weight is 418 g/mol. The molecule has 28 heavy (non-hydrogen) atoms. The van der Waals surface area contributed by atoms with E-state index in [4.69, 9.17) is 27.6 Å². The fraction of sp³-hybridized carbons (Fsp3) is 0.318.